The fourth-order valence-corrected chi connectivity index (χ4v) is 5.88. The van der Waals surface area contributed by atoms with Gasteiger partial charge in [0.1, 0.15) is 11.5 Å². The molecule has 11 heteroatoms. The molecule has 2 aromatic rings. The summed E-state index contributed by atoms with van der Waals surface area (Å²) in [6, 6.07) is 4.53. The van der Waals surface area contributed by atoms with Crippen LogP contribution in [-0.2, 0) is 32.4 Å². The molecule has 0 fully saturated rings. The Morgan fingerprint density at radius 1 is 1.27 bits per heavy atom. The number of carbonyl (C=O) groups is 2. The van der Waals surface area contributed by atoms with Crippen LogP contribution < -0.4 is 9.62 Å². The molecule has 0 unspecified atom stereocenters. The van der Waals surface area contributed by atoms with E-state index in [2.05, 4.69) is 5.32 Å². The number of hydrogen-bond donors (Lipinski definition) is 1. The largest absolute Gasteiger partial charge is 0.462 e. The summed E-state index contributed by atoms with van der Waals surface area (Å²) in [6.07, 6.45) is 3.48. The lowest BCUT2D eigenvalue weighted by Crippen LogP contribution is -2.37. The fraction of sp³-hybridized carbons (Fsp3) is 0.368. The maximum atomic E-state index is 12.8. The van der Waals surface area contributed by atoms with E-state index >= 15 is 0 Å². The number of esters is 1. The quantitative estimate of drug-likeness (QED) is 0.589. The second kappa shape index (κ2) is 9.13. The zero-order chi connectivity index (χ0) is 22.1. The van der Waals surface area contributed by atoms with Crippen molar-refractivity contribution in [1.82, 2.24) is 0 Å². The van der Waals surface area contributed by atoms with Gasteiger partial charge in [0.15, 0.2) is 0 Å². The number of aryl methyl sites for hydroxylation is 1. The van der Waals surface area contributed by atoms with Gasteiger partial charge in [0.2, 0.25) is 15.9 Å². The van der Waals surface area contributed by atoms with Gasteiger partial charge >= 0.3 is 5.97 Å². The van der Waals surface area contributed by atoms with E-state index in [0.29, 0.717) is 10.6 Å². The van der Waals surface area contributed by atoms with Crippen molar-refractivity contribution >= 4 is 67.1 Å². The minimum Gasteiger partial charge on any atom is -0.462 e. The monoisotopic (exact) mass is 490 g/mol. The second-order valence-electron chi connectivity index (χ2n) is 6.67. The Morgan fingerprint density at radius 3 is 2.67 bits per heavy atom. The van der Waals surface area contributed by atoms with Gasteiger partial charge in [0, 0.05) is 4.88 Å². The van der Waals surface area contributed by atoms with Crippen LogP contribution in [0, 0.1) is 0 Å². The molecule has 0 bridgehead atoms. The van der Waals surface area contributed by atoms with Crippen LogP contribution in [0.25, 0.3) is 0 Å². The van der Waals surface area contributed by atoms with Crippen molar-refractivity contribution in [3.8, 4) is 0 Å². The lowest BCUT2D eigenvalue weighted by atomic mass is 10.1. The lowest BCUT2D eigenvalue weighted by Gasteiger charge is -2.23. The van der Waals surface area contributed by atoms with Crippen LogP contribution in [0.15, 0.2) is 18.2 Å². The normalized spacial score (nSPS) is 13.1. The van der Waals surface area contributed by atoms with Gasteiger partial charge in [-0.05, 0) is 43.9 Å². The summed E-state index contributed by atoms with van der Waals surface area (Å²) in [5.41, 5.74) is 1.35. The molecule has 1 aliphatic carbocycles. The summed E-state index contributed by atoms with van der Waals surface area (Å²) < 4.78 is 30.7. The molecular weight excluding hydrogens is 471 g/mol. The Balaban J connectivity index is 1.89. The van der Waals surface area contributed by atoms with Gasteiger partial charge in [-0.3, -0.25) is 9.10 Å². The molecule has 0 saturated carbocycles. The number of sulfonamides is 1. The molecular formula is C19H20Cl2N2O5S2. The molecule has 1 aliphatic rings. The second-order valence-corrected chi connectivity index (χ2v) is 10.5. The van der Waals surface area contributed by atoms with Gasteiger partial charge in [-0.15, -0.1) is 11.3 Å². The van der Waals surface area contributed by atoms with E-state index in [1.54, 1.807) is 13.0 Å². The molecule has 3 rings (SSSR count). The number of nitrogens with one attached hydrogen (secondary N) is 1. The Labute approximate surface area is 189 Å². The first-order chi connectivity index (χ1) is 14.1. The van der Waals surface area contributed by atoms with Gasteiger partial charge in [-0.25, -0.2) is 13.2 Å². The number of fused-ring (bicyclic) bond motifs is 1. The Bertz CT molecular complexity index is 1100. The Hall–Kier alpha value is -1.81. The fourth-order valence-electron chi connectivity index (χ4n) is 3.27. The highest BCUT2D eigenvalue weighted by atomic mass is 35.5. The Kier molecular flexibility index (Phi) is 6.96. The summed E-state index contributed by atoms with van der Waals surface area (Å²) in [7, 11) is -3.83. The third kappa shape index (κ3) is 4.74. The number of carbonyl (C=O) groups excluding carboxylic acids is 2. The summed E-state index contributed by atoms with van der Waals surface area (Å²) in [6.45, 7) is 1.40. The van der Waals surface area contributed by atoms with Crippen LogP contribution in [0.2, 0.25) is 10.0 Å². The Morgan fingerprint density at radius 2 is 2.00 bits per heavy atom. The molecule has 1 aromatic heterocycles. The maximum Gasteiger partial charge on any atom is 0.341 e. The molecule has 0 atom stereocenters. The highest BCUT2D eigenvalue weighted by Gasteiger charge is 2.30. The van der Waals surface area contributed by atoms with Crippen LogP contribution in [-0.4, -0.2) is 39.7 Å². The van der Waals surface area contributed by atoms with E-state index in [0.717, 1.165) is 40.3 Å². The smallest absolute Gasteiger partial charge is 0.341 e. The van der Waals surface area contributed by atoms with Crippen LogP contribution >= 0.6 is 34.5 Å². The van der Waals surface area contributed by atoms with Gasteiger partial charge in [0.05, 0.1) is 34.2 Å². The van der Waals surface area contributed by atoms with Crippen molar-refractivity contribution in [3.63, 3.8) is 0 Å². The van der Waals surface area contributed by atoms with Crippen molar-refractivity contribution in [1.29, 1.82) is 0 Å². The van der Waals surface area contributed by atoms with E-state index in [4.69, 9.17) is 27.9 Å². The zero-order valence-corrected chi connectivity index (χ0v) is 19.5. The van der Waals surface area contributed by atoms with E-state index in [9.17, 15) is 18.0 Å². The number of anilines is 2. The first-order valence-corrected chi connectivity index (χ1v) is 12.6. The molecule has 0 saturated heterocycles. The van der Waals surface area contributed by atoms with Gasteiger partial charge in [0.25, 0.3) is 0 Å². The number of amides is 1. The van der Waals surface area contributed by atoms with Gasteiger partial charge < -0.3 is 10.1 Å². The van der Waals surface area contributed by atoms with Crippen molar-refractivity contribution in [2.24, 2.45) is 0 Å². The van der Waals surface area contributed by atoms with E-state index < -0.39 is 28.4 Å². The van der Waals surface area contributed by atoms with Gasteiger partial charge in [-0.1, -0.05) is 29.3 Å². The lowest BCUT2D eigenvalue weighted by molar-refractivity contribution is -0.114. The summed E-state index contributed by atoms with van der Waals surface area (Å²) >= 11 is 13.5. The third-order valence-corrected chi connectivity index (χ3v) is 7.68. The summed E-state index contributed by atoms with van der Waals surface area (Å²) in [4.78, 5) is 26.2. The average molecular weight is 491 g/mol. The molecule has 0 radical (unpaired) electrons. The third-order valence-electron chi connectivity index (χ3n) is 4.54. The van der Waals surface area contributed by atoms with E-state index in [1.807, 2.05) is 0 Å². The topological polar surface area (TPSA) is 92.8 Å². The van der Waals surface area contributed by atoms with E-state index in [-0.39, 0.29) is 22.3 Å². The molecule has 162 valence electrons. The zero-order valence-electron chi connectivity index (χ0n) is 16.3. The maximum absolute atomic E-state index is 12.8. The molecule has 0 spiro atoms. The molecule has 30 heavy (non-hydrogen) atoms. The van der Waals surface area contributed by atoms with Gasteiger partial charge in [-0.2, -0.15) is 0 Å². The molecule has 0 aliphatic heterocycles. The highest BCUT2D eigenvalue weighted by Crippen LogP contribution is 2.40. The number of hydrogen-bond acceptors (Lipinski definition) is 6. The summed E-state index contributed by atoms with van der Waals surface area (Å²) in [5, 5.41) is 3.25. The first-order valence-electron chi connectivity index (χ1n) is 9.16. The van der Waals surface area contributed by atoms with E-state index in [1.165, 1.54) is 23.5 Å². The SMILES string of the molecule is CCOC(=O)c1c(NC(=O)CN(c2cccc(Cl)c2Cl)S(C)(=O)=O)sc2c1CCC2. The van der Waals surface area contributed by atoms with Crippen molar-refractivity contribution in [2.45, 2.75) is 26.2 Å². The predicted molar refractivity (Wildman–Crippen MR) is 120 cm³/mol. The molecule has 1 amide bonds. The first kappa shape index (κ1) is 22.9. The standard InChI is InChI=1S/C19H20Cl2N2O5S2/c1-3-28-19(25)16-11-6-4-9-14(11)29-18(16)22-15(24)10-23(30(2,26)27)13-8-5-7-12(20)17(13)21/h5,7-8H,3-4,6,9-10H2,1-2H3,(H,22,24). The van der Waals surface area contributed by atoms with Crippen molar-refractivity contribution in [2.75, 3.05) is 29.0 Å². The predicted octanol–water partition coefficient (Wildman–Crippen LogP) is 4.13. The highest BCUT2D eigenvalue weighted by molar-refractivity contribution is 7.92. The molecule has 7 nitrogen and oxygen atoms in total. The number of rotatable bonds is 7. The number of ether oxygens (including phenoxy) is 1. The molecule has 1 N–H and O–H groups in total. The number of benzene rings is 1. The molecule has 1 heterocycles. The van der Waals surface area contributed by atoms with Crippen molar-refractivity contribution in [3.05, 3.63) is 44.2 Å². The van der Waals surface area contributed by atoms with Crippen LogP contribution in [0.4, 0.5) is 10.7 Å². The van der Waals surface area contributed by atoms with Crippen LogP contribution in [0.1, 0.15) is 34.1 Å². The van der Waals surface area contributed by atoms with Crippen LogP contribution in [0.3, 0.4) is 0 Å². The number of thiophene rings is 1. The minimum absolute atomic E-state index is 0.0275. The minimum atomic E-state index is -3.83. The van der Waals surface area contributed by atoms with Crippen LogP contribution in [0.5, 0.6) is 0 Å². The number of nitrogens with zero attached hydrogens (tertiary/aromatic N) is 1. The molecule has 1 aromatic carbocycles. The number of halogens is 2. The van der Waals surface area contributed by atoms with Crippen molar-refractivity contribution < 1.29 is 22.7 Å². The summed E-state index contributed by atoms with van der Waals surface area (Å²) in [5.74, 6) is -1.10. The average Bonchev–Trinajstić information content (AvgIpc) is 3.22.